The minimum absolute atomic E-state index is 0.0791. The van der Waals surface area contributed by atoms with Crippen LogP contribution in [0.15, 0.2) is 35.5 Å². The second-order valence-electron chi connectivity index (χ2n) is 3.41. The standard InChI is InChI=1S/C11H12ClNO/c12-8-11-7-10(13-14-11)6-9-4-2-1-3-5-9/h1-5,11H,6-8H2. The normalized spacial score (nSPS) is 20.4. The minimum Gasteiger partial charge on any atom is -0.391 e. The molecule has 0 amide bonds. The molecular weight excluding hydrogens is 198 g/mol. The van der Waals surface area contributed by atoms with Crippen LogP contribution >= 0.6 is 11.6 Å². The first-order chi connectivity index (χ1) is 6.88. The molecule has 1 aromatic rings. The minimum atomic E-state index is 0.0791. The lowest BCUT2D eigenvalue weighted by Crippen LogP contribution is -2.10. The van der Waals surface area contributed by atoms with E-state index in [2.05, 4.69) is 17.3 Å². The van der Waals surface area contributed by atoms with Crippen LogP contribution < -0.4 is 0 Å². The van der Waals surface area contributed by atoms with Crippen molar-refractivity contribution < 1.29 is 4.84 Å². The van der Waals surface area contributed by atoms with Crippen molar-refractivity contribution >= 4 is 17.3 Å². The Kier molecular flexibility index (Phi) is 3.04. The lowest BCUT2D eigenvalue weighted by molar-refractivity contribution is 0.102. The molecule has 1 aliphatic heterocycles. The molecule has 3 heteroatoms. The van der Waals surface area contributed by atoms with E-state index in [4.69, 9.17) is 16.4 Å². The molecule has 1 heterocycles. The van der Waals surface area contributed by atoms with Crippen LogP contribution in [0.25, 0.3) is 0 Å². The number of halogens is 1. The Morgan fingerprint density at radius 3 is 2.79 bits per heavy atom. The van der Waals surface area contributed by atoms with Crippen LogP contribution in [0.5, 0.6) is 0 Å². The van der Waals surface area contributed by atoms with E-state index in [1.54, 1.807) is 0 Å². The van der Waals surface area contributed by atoms with Crippen molar-refractivity contribution in [3.05, 3.63) is 35.9 Å². The third-order valence-electron chi connectivity index (χ3n) is 2.22. The van der Waals surface area contributed by atoms with Gasteiger partial charge in [0.25, 0.3) is 0 Å². The monoisotopic (exact) mass is 209 g/mol. The van der Waals surface area contributed by atoms with Gasteiger partial charge in [0.1, 0.15) is 6.10 Å². The maximum atomic E-state index is 5.68. The number of nitrogens with zero attached hydrogens (tertiary/aromatic N) is 1. The molecule has 1 unspecified atom stereocenters. The molecule has 74 valence electrons. The van der Waals surface area contributed by atoms with Gasteiger partial charge in [-0.25, -0.2) is 0 Å². The van der Waals surface area contributed by atoms with Crippen molar-refractivity contribution in [3.8, 4) is 0 Å². The first-order valence-electron chi connectivity index (χ1n) is 4.70. The lowest BCUT2D eigenvalue weighted by atomic mass is 10.1. The van der Waals surface area contributed by atoms with Gasteiger partial charge in [0.05, 0.1) is 11.6 Å². The first-order valence-corrected chi connectivity index (χ1v) is 5.23. The van der Waals surface area contributed by atoms with E-state index in [-0.39, 0.29) is 6.10 Å². The topological polar surface area (TPSA) is 21.6 Å². The number of oxime groups is 1. The van der Waals surface area contributed by atoms with Gasteiger partial charge in [-0.2, -0.15) is 0 Å². The molecule has 1 atom stereocenters. The Labute approximate surface area is 88.5 Å². The molecule has 0 saturated carbocycles. The molecule has 0 radical (unpaired) electrons. The fourth-order valence-corrected chi connectivity index (χ4v) is 1.67. The van der Waals surface area contributed by atoms with E-state index in [0.29, 0.717) is 5.88 Å². The summed E-state index contributed by atoms with van der Waals surface area (Å²) in [6.07, 6.45) is 1.81. The summed E-state index contributed by atoms with van der Waals surface area (Å²) in [7, 11) is 0. The fourth-order valence-electron chi connectivity index (χ4n) is 1.51. The average molecular weight is 210 g/mol. The quantitative estimate of drug-likeness (QED) is 0.702. The molecule has 14 heavy (non-hydrogen) atoms. The van der Waals surface area contributed by atoms with Crippen LogP contribution in [0.2, 0.25) is 0 Å². The maximum absolute atomic E-state index is 5.68. The number of hydrogen-bond acceptors (Lipinski definition) is 2. The van der Waals surface area contributed by atoms with E-state index in [0.717, 1.165) is 18.6 Å². The van der Waals surface area contributed by atoms with Crippen LogP contribution in [0.4, 0.5) is 0 Å². The van der Waals surface area contributed by atoms with Gasteiger partial charge in [0.15, 0.2) is 0 Å². The molecule has 2 nitrogen and oxygen atoms in total. The summed E-state index contributed by atoms with van der Waals surface area (Å²) in [5.74, 6) is 0.516. The second kappa shape index (κ2) is 4.47. The molecule has 1 aromatic carbocycles. The summed E-state index contributed by atoms with van der Waals surface area (Å²) < 4.78 is 0. The molecule has 0 spiro atoms. The zero-order valence-corrected chi connectivity index (χ0v) is 8.57. The summed E-state index contributed by atoms with van der Waals surface area (Å²) in [6.45, 7) is 0. The molecule has 0 saturated heterocycles. The van der Waals surface area contributed by atoms with E-state index in [9.17, 15) is 0 Å². The Hall–Kier alpha value is -1.02. The van der Waals surface area contributed by atoms with Crippen molar-refractivity contribution in [1.29, 1.82) is 0 Å². The lowest BCUT2D eigenvalue weighted by Gasteiger charge is -2.01. The molecule has 0 N–H and O–H groups in total. The van der Waals surface area contributed by atoms with Gasteiger partial charge in [-0.1, -0.05) is 35.5 Å². The van der Waals surface area contributed by atoms with Crippen LogP contribution in [0.3, 0.4) is 0 Å². The zero-order chi connectivity index (χ0) is 9.80. The third kappa shape index (κ3) is 2.26. The highest BCUT2D eigenvalue weighted by Gasteiger charge is 2.19. The summed E-state index contributed by atoms with van der Waals surface area (Å²) in [6, 6.07) is 10.3. The Balaban J connectivity index is 1.94. The van der Waals surface area contributed by atoms with Crippen LogP contribution in [-0.2, 0) is 11.3 Å². The van der Waals surface area contributed by atoms with Crippen LogP contribution in [0.1, 0.15) is 12.0 Å². The molecule has 0 fully saturated rings. The smallest absolute Gasteiger partial charge is 0.146 e. The first kappa shape index (κ1) is 9.53. The SMILES string of the molecule is ClCC1CC(Cc2ccccc2)=NO1. The maximum Gasteiger partial charge on any atom is 0.146 e. The molecule has 0 aliphatic carbocycles. The number of alkyl halides is 1. The van der Waals surface area contributed by atoms with Gasteiger partial charge in [0.2, 0.25) is 0 Å². The second-order valence-corrected chi connectivity index (χ2v) is 3.71. The Morgan fingerprint density at radius 2 is 2.14 bits per heavy atom. The number of benzene rings is 1. The van der Waals surface area contributed by atoms with E-state index < -0.39 is 0 Å². The van der Waals surface area contributed by atoms with Crippen molar-refractivity contribution in [2.75, 3.05) is 5.88 Å². The van der Waals surface area contributed by atoms with Gasteiger partial charge in [-0.05, 0) is 5.56 Å². The van der Waals surface area contributed by atoms with Crippen molar-refractivity contribution in [2.45, 2.75) is 18.9 Å². The van der Waals surface area contributed by atoms with E-state index in [1.165, 1.54) is 5.56 Å². The number of rotatable bonds is 3. The summed E-state index contributed by atoms with van der Waals surface area (Å²) >= 11 is 5.68. The fraction of sp³-hybridized carbons (Fsp3) is 0.364. The summed E-state index contributed by atoms with van der Waals surface area (Å²) in [5.41, 5.74) is 2.35. The Bertz CT molecular complexity index is 323. The molecule has 0 aromatic heterocycles. The summed E-state index contributed by atoms with van der Waals surface area (Å²) in [5, 5.41) is 4.02. The van der Waals surface area contributed by atoms with Crippen molar-refractivity contribution in [2.24, 2.45) is 5.16 Å². The van der Waals surface area contributed by atoms with E-state index >= 15 is 0 Å². The average Bonchev–Trinajstić information content (AvgIpc) is 2.67. The molecule has 1 aliphatic rings. The van der Waals surface area contributed by atoms with Crippen LogP contribution in [0, 0.1) is 0 Å². The van der Waals surface area contributed by atoms with Crippen molar-refractivity contribution in [1.82, 2.24) is 0 Å². The third-order valence-corrected chi connectivity index (χ3v) is 2.56. The highest BCUT2D eigenvalue weighted by atomic mass is 35.5. The Morgan fingerprint density at radius 1 is 1.36 bits per heavy atom. The molecule has 2 rings (SSSR count). The number of hydrogen-bond donors (Lipinski definition) is 0. The molecule has 0 bridgehead atoms. The predicted molar refractivity (Wildman–Crippen MR) is 57.8 cm³/mol. The predicted octanol–water partition coefficient (Wildman–Crippen LogP) is 2.61. The van der Waals surface area contributed by atoms with Gasteiger partial charge in [-0.3, -0.25) is 0 Å². The van der Waals surface area contributed by atoms with Gasteiger partial charge in [0, 0.05) is 12.8 Å². The largest absolute Gasteiger partial charge is 0.391 e. The highest BCUT2D eigenvalue weighted by Crippen LogP contribution is 2.15. The van der Waals surface area contributed by atoms with Gasteiger partial charge >= 0.3 is 0 Å². The summed E-state index contributed by atoms with van der Waals surface area (Å²) in [4.78, 5) is 5.14. The molecular formula is C11H12ClNO. The van der Waals surface area contributed by atoms with E-state index in [1.807, 2.05) is 18.2 Å². The van der Waals surface area contributed by atoms with Crippen LogP contribution in [-0.4, -0.2) is 17.7 Å². The van der Waals surface area contributed by atoms with Crippen molar-refractivity contribution in [3.63, 3.8) is 0 Å². The zero-order valence-electron chi connectivity index (χ0n) is 7.82. The highest BCUT2D eigenvalue weighted by molar-refractivity contribution is 6.18. The van der Waals surface area contributed by atoms with Gasteiger partial charge in [-0.15, -0.1) is 11.6 Å². The van der Waals surface area contributed by atoms with Gasteiger partial charge < -0.3 is 4.84 Å².